The fourth-order valence-electron chi connectivity index (χ4n) is 4.77. The lowest BCUT2D eigenvalue weighted by molar-refractivity contribution is 0.0515. The van der Waals surface area contributed by atoms with E-state index in [2.05, 4.69) is 24.1 Å². The lowest BCUT2D eigenvalue weighted by atomic mass is 9.84. The summed E-state index contributed by atoms with van der Waals surface area (Å²) in [5.74, 6) is 2.36. The van der Waals surface area contributed by atoms with Crippen LogP contribution in [-0.2, 0) is 0 Å². The summed E-state index contributed by atoms with van der Waals surface area (Å²) >= 11 is 0. The Hall–Kier alpha value is -0.120. The van der Waals surface area contributed by atoms with Crippen molar-refractivity contribution in [3.8, 4) is 0 Å². The van der Waals surface area contributed by atoms with Crippen LogP contribution in [-0.4, -0.2) is 47.8 Å². The lowest BCUT2D eigenvalue weighted by Crippen LogP contribution is -2.47. The number of likely N-dealkylation sites (tertiary alicyclic amines) is 1. The molecule has 2 saturated heterocycles. The first-order valence-electron chi connectivity index (χ1n) is 8.21. The summed E-state index contributed by atoms with van der Waals surface area (Å²) in [6.07, 6.45) is 6.35. The highest BCUT2D eigenvalue weighted by atomic mass is 16.3. The van der Waals surface area contributed by atoms with Gasteiger partial charge in [0, 0.05) is 25.2 Å². The van der Waals surface area contributed by atoms with Crippen molar-refractivity contribution in [3.63, 3.8) is 0 Å². The van der Waals surface area contributed by atoms with Gasteiger partial charge in [0.1, 0.15) is 0 Å². The SMILES string of the molecule is CC1(C)C2CNCC2CN1CC(O)CC1CCCC1. The average Bonchev–Trinajstić information content (AvgIpc) is 3.01. The summed E-state index contributed by atoms with van der Waals surface area (Å²) in [4.78, 5) is 2.56. The molecule has 3 fully saturated rings. The van der Waals surface area contributed by atoms with Gasteiger partial charge in [-0.1, -0.05) is 25.7 Å². The van der Waals surface area contributed by atoms with Crippen molar-refractivity contribution in [2.45, 2.75) is 57.6 Å². The number of aliphatic hydroxyl groups excluding tert-OH is 1. The van der Waals surface area contributed by atoms with Crippen LogP contribution in [0.25, 0.3) is 0 Å². The van der Waals surface area contributed by atoms with E-state index in [0.717, 1.165) is 37.3 Å². The summed E-state index contributed by atoms with van der Waals surface area (Å²) < 4.78 is 0. The summed E-state index contributed by atoms with van der Waals surface area (Å²) in [5, 5.41) is 13.9. The number of rotatable bonds is 4. The Morgan fingerprint density at radius 3 is 2.68 bits per heavy atom. The van der Waals surface area contributed by atoms with E-state index in [9.17, 15) is 5.11 Å². The standard InChI is InChI=1S/C16H30N2O/c1-16(2)15-9-17-8-13(15)10-18(16)11-14(19)7-12-5-3-4-6-12/h12-15,17,19H,3-11H2,1-2H3. The van der Waals surface area contributed by atoms with Gasteiger partial charge in [0.05, 0.1) is 6.10 Å². The maximum Gasteiger partial charge on any atom is 0.0670 e. The predicted octanol–water partition coefficient (Wildman–Crippen LogP) is 1.86. The number of β-amino-alcohol motifs (C(OH)–C–C–N with tert-alkyl or cyclic N) is 1. The Bertz CT molecular complexity index is 312. The van der Waals surface area contributed by atoms with Crippen LogP contribution in [0.2, 0.25) is 0 Å². The fraction of sp³-hybridized carbons (Fsp3) is 1.00. The van der Waals surface area contributed by atoms with E-state index in [1.807, 2.05) is 0 Å². The van der Waals surface area contributed by atoms with Gasteiger partial charge in [-0.25, -0.2) is 0 Å². The van der Waals surface area contributed by atoms with E-state index in [4.69, 9.17) is 0 Å². The molecule has 0 bridgehead atoms. The molecule has 0 amide bonds. The third-order valence-electron chi connectivity index (χ3n) is 6.03. The maximum absolute atomic E-state index is 10.4. The van der Waals surface area contributed by atoms with Crippen molar-refractivity contribution in [1.29, 1.82) is 0 Å². The molecule has 1 aliphatic carbocycles. The molecule has 0 radical (unpaired) electrons. The summed E-state index contributed by atoms with van der Waals surface area (Å²) in [6, 6.07) is 0. The first-order chi connectivity index (χ1) is 9.07. The van der Waals surface area contributed by atoms with Crippen molar-refractivity contribution < 1.29 is 5.11 Å². The van der Waals surface area contributed by atoms with Gasteiger partial charge in [-0.15, -0.1) is 0 Å². The van der Waals surface area contributed by atoms with Gasteiger partial charge in [0.2, 0.25) is 0 Å². The predicted molar refractivity (Wildman–Crippen MR) is 78.1 cm³/mol. The summed E-state index contributed by atoms with van der Waals surface area (Å²) in [5.41, 5.74) is 0.255. The van der Waals surface area contributed by atoms with E-state index in [1.54, 1.807) is 0 Å². The number of hydrogen-bond acceptors (Lipinski definition) is 3. The van der Waals surface area contributed by atoms with Crippen molar-refractivity contribution >= 4 is 0 Å². The molecule has 0 aromatic carbocycles. The summed E-state index contributed by atoms with van der Waals surface area (Å²) in [6.45, 7) is 9.12. The van der Waals surface area contributed by atoms with Crippen molar-refractivity contribution in [1.82, 2.24) is 10.2 Å². The largest absolute Gasteiger partial charge is 0.392 e. The molecule has 3 nitrogen and oxygen atoms in total. The molecular weight excluding hydrogens is 236 g/mol. The smallest absolute Gasteiger partial charge is 0.0670 e. The number of hydrogen-bond donors (Lipinski definition) is 2. The van der Waals surface area contributed by atoms with E-state index >= 15 is 0 Å². The molecule has 3 rings (SSSR count). The van der Waals surface area contributed by atoms with Crippen LogP contribution in [0, 0.1) is 17.8 Å². The molecule has 2 heterocycles. The van der Waals surface area contributed by atoms with Crippen LogP contribution in [0.4, 0.5) is 0 Å². The Morgan fingerprint density at radius 1 is 1.26 bits per heavy atom. The average molecular weight is 266 g/mol. The van der Waals surface area contributed by atoms with Crippen molar-refractivity contribution in [3.05, 3.63) is 0 Å². The van der Waals surface area contributed by atoms with Crippen LogP contribution in [0.1, 0.15) is 46.0 Å². The van der Waals surface area contributed by atoms with Gasteiger partial charge in [0.25, 0.3) is 0 Å². The van der Waals surface area contributed by atoms with Crippen LogP contribution in [0.3, 0.4) is 0 Å². The maximum atomic E-state index is 10.4. The van der Waals surface area contributed by atoms with Crippen LogP contribution >= 0.6 is 0 Å². The van der Waals surface area contributed by atoms with Crippen LogP contribution in [0.5, 0.6) is 0 Å². The zero-order valence-electron chi connectivity index (χ0n) is 12.6. The highest BCUT2D eigenvalue weighted by Gasteiger charge is 2.49. The van der Waals surface area contributed by atoms with Gasteiger partial charge < -0.3 is 10.4 Å². The number of nitrogens with one attached hydrogen (secondary N) is 1. The zero-order chi connectivity index (χ0) is 13.5. The molecule has 3 unspecified atom stereocenters. The summed E-state index contributed by atoms with van der Waals surface area (Å²) in [7, 11) is 0. The molecule has 3 atom stereocenters. The third kappa shape index (κ3) is 2.70. The second-order valence-electron chi connectivity index (χ2n) is 7.62. The van der Waals surface area contributed by atoms with E-state index in [1.165, 1.54) is 38.8 Å². The second-order valence-corrected chi connectivity index (χ2v) is 7.62. The molecule has 19 heavy (non-hydrogen) atoms. The number of aliphatic hydroxyl groups is 1. The molecule has 3 aliphatic rings. The van der Waals surface area contributed by atoms with Gasteiger partial charge >= 0.3 is 0 Å². The monoisotopic (exact) mass is 266 g/mol. The first-order valence-corrected chi connectivity index (χ1v) is 8.21. The molecular formula is C16H30N2O. The normalized spacial score (nSPS) is 36.8. The Kier molecular flexibility index (Phi) is 3.89. The van der Waals surface area contributed by atoms with E-state index in [-0.39, 0.29) is 11.6 Å². The Morgan fingerprint density at radius 2 is 2.00 bits per heavy atom. The number of nitrogens with zero attached hydrogens (tertiary/aromatic N) is 1. The van der Waals surface area contributed by atoms with Gasteiger partial charge in [0.15, 0.2) is 0 Å². The second kappa shape index (κ2) is 5.34. The topological polar surface area (TPSA) is 35.5 Å². The molecule has 0 aromatic rings. The lowest BCUT2D eigenvalue weighted by Gasteiger charge is -2.37. The molecule has 0 aromatic heterocycles. The molecule has 110 valence electrons. The zero-order valence-corrected chi connectivity index (χ0v) is 12.6. The van der Waals surface area contributed by atoms with Crippen LogP contribution in [0.15, 0.2) is 0 Å². The van der Waals surface area contributed by atoms with Gasteiger partial charge in [-0.05, 0) is 44.6 Å². The molecule has 2 N–H and O–H groups in total. The molecule has 2 aliphatic heterocycles. The van der Waals surface area contributed by atoms with Crippen molar-refractivity contribution in [2.75, 3.05) is 26.2 Å². The Labute approximate surface area is 117 Å². The highest BCUT2D eigenvalue weighted by Crippen LogP contribution is 2.40. The van der Waals surface area contributed by atoms with Crippen LogP contribution < -0.4 is 5.32 Å². The van der Waals surface area contributed by atoms with E-state index < -0.39 is 0 Å². The van der Waals surface area contributed by atoms with Gasteiger partial charge in [-0.3, -0.25) is 4.90 Å². The third-order valence-corrected chi connectivity index (χ3v) is 6.03. The molecule has 0 spiro atoms. The highest BCUT2D eigenvalue weighted by molar-refractivity contribution is 5.04. The minimum atomic E-state index is -0.117. The Balaban J connectivity index is 1.54. The minimum Gasteiger partial charge on any atom is -0.392 e. The fourth-order valence-corrected chi connectivity index (χ4v) is 4.77. The first kappa shape index (κ1) is 13.8. The van der Waals surface area contributed by atoms with E-state index in [0.29, 0.717) is 0 Å². The molecule has 1 saturated carbocycles. The number of fused-ring (bicyclic) bond motifs is 1. The quantitative estimate of drug-likeness (QED) is 0.815. The molecule has 3 heteroatoms. The van der Waals surface area contributed by atoms with Crippen molar-refractivity contribution in [2.24, 2.45) is 17.8 Å². The minimum absolute atomic E-state index is 0.117. The van der Waals surface area contributed by atoms with Gasteiger partial charge in [-0.2, -0.15) is 0 Å².